The van der Waals surface area contributed by atoms with Gasteiger partial charge >= 0.3 is 0 Å². The lowest BCUT2D eigenvalue weighted by Gasteiger charge is -2.05. The normalized spacial score (nSPS) is 10.8. The second-order valence-corrected chi connectivity index (χ2v) is 5.84. The third-order valence-electron chi connectivity index (χ3n) is 3.75. The molecule has 0 aliphatic rings. The Morgan fingerprint density at radius 1 is 1.12 bits per heavy atom. The van der Waals surface area contributed by atoms with Crippen molar-refractivity contribution in [2.75, 3.05) is 5.32 Å². The average Bonchev–Trinajstić information content (AvgIpc) is 3.05. The van der Waals surface area contributed by atoms with E-state index in [1.54, 1.807) is 48.5 Å². The second kappa shape index (κ2) is 6.57. The van der Waals surface area contributed by atoms with Gasteiger partial charge in [-0.25, -0.2) is 14.4 Å². The number of nitrogens with one attached hydrogen (secondary N) is 1. The highest BCUT2D eigenvalue weighted by Crippen LogP contribution is 2.28. The van der Waals surface area contributed by atoms with Crippen LogP contribution in [0.1, 0.15) is 10.4 Å². The number of pyridine rings is 1. The summed E-state index contributed by atoms with van der Waals surface area (Å²) in [7, 11) is 0. The van der Waals surface area contributed by atoms with E-state index in [2.05, 4.69) is 15.3 Å². The number of oxazole rings is 1. The van der Waals surface area contributed by atoms with E-state index in [0.29, 0.717) is 16.8 Å². The van der Waals surface area contributed by atoms with E-state index in [4.69, 9.17) is 16.0 Å². The molecule has 0 saturated heterocycles. The Kier molecular flexibility index (Phi) is 4.10. The van der Waals surface area contributed by atoms with Crippen molar-refractivity contribution in [2.45, 2.75) is 0 Å². The molecular formula is C19H11ClFN3O2. The molecule has 0 unspecified atom stereocenters. The summed E-state index contributed by atoms with van der Waals surface area (Å²) in [6, 6.07) is 14.4. The highest BCUT2D eigenvalue weighted by Gasteiger charge is 2.14. The first kappa shape index (κ1) is 16.2. The minimum Gasteiger partial charge on any atom is -0.436 e. The lowest BCUT2D eigenvalue weighted by Crippen LogP contribution is -2.12. The largest absolute Gasteiger partial charge is 0.436 e. The predicted octanol–water partition coefficient (Wildman–Crippen LogP) is 4.93. The molecule has 1 N–H and O–H groups in total. The molecule has 0 aliphatic heterocycles. The number of halogens is 2. The Morgan fingerprint density at radius 3 is 2.77 bits per heavy atom. The van der Waals surface area contributed by atoms with Crippen LogP contribution in [0.4, 0.5) is 10.1 Å². The van der Waals surface area contributed by atoms with Crippen LogP contribution in [0, 0.1) is 5.82 Å². The van der Waals surface area contributed by atoms with Crippen molar-refractivity contribution < 1.29 is 13.6 Å². The van der Waals surface area contributed by atoms with E-state index in [9.17, 15) is 9.18 Å². The smallest absolute Gasteiger partial charge is 0.258 e. The van der Waals surface area contributed by atoms with Crippen LogP contribution in [-0.4, -0.2) is 15.9 Å². The Hall–Kier alpha value is -3.25. The molecule has 0 radical (unpaired) electrons. The molecule has 0 atom stereocenters. The zero-order chi connectivity index (χ0) is 18.1. The maximum atomic E-state index is 13.9. The van der Waals surface area contributed by atoms with E-state index < -0.39 is 5.82 Å². The summed E-state index contributed by atoms with van der Waals surface area (Å²) in [5, 5.41) is 2.85. The molecule has 0 fully saturated rings. The molecule has 1 amide bonds. The van der Waals surface area contributed by atoms with Crippen LogP contribution in [0.5, 0.6) is 0 Å². The third kappa shape index (κ3) is 3.02. The molecule has 0 saturated carbocycles. The zero-order valence-electron chi connectivity index (χ0n) is 13.2. The average molecular weight is 368 g/mol. The van der Waals surface area contributed by atoms with Crippen molar-refractivity contribution in [1.82, 2.24) is 9.97 Å². The maximum absolute atomic E-state index is 13.9. The number of anilines is 1. The first-order valence-corrected chi connectivity index (χ1v) is 8.07. The first-order valence-electron chi connectivity index (χ1n) is 7.69. The molecule has 0 spiro atoms. The fraction of sp³-hybridized carbons (Fsp3) is 0. The molecule has 2 heterocycles. The number of carbonyl (C=O) groups excluding carboxylic acids is 1. The molecule has 0 aliphatic carbocycles. The summed E-state index contributed by atoms with van der Waals surface area (Å²) in [5.74, 6) is -0.629. The van der Waals surface area contributed by atoms with Crippen molar-refractivity contribution in [2.24, 2.45) is 0 Å². The molecule has 7 heteroatoms. The summed E-state index contributed by atoms with van der Waals surface area (Å²) < 4.78 is 19.5. The van der Waals surface area contributed by atoms with Gasteiger partial charge in [0.2, 0.25) is 5.89 Å². The summed E-state index contributed by atoms with van der Waals surface area (Å²) >= 11 is 5.93. The molecule has 2 aromatic carbocycles. The van der Waals surface area contributed by atoms with Crippen molar-refractivity contribution in [3.05, 3.63) is 77.3 Å². The minimum absolute atomic E-state index is 0.120. The van der Waals surface area contributed by atoms with Crippen LogP contribution < -0.4 is 5.32 Å². The fourth-order valence-corrected chi connectivity index (χ4v) is 2.71. The van der Waals surface area contributed by atoms with Gasteiger partial charge in [-0.05, 0) is 42.5 Å². The maximum Gasteiger partial charge on any atom is 0.258 e. The van der Waals surface area contributed by atoms with Gasteiger partial charge in [0.1, 0.15) is 16.5 Å². The first-order chi connectivity index (χ1) is 12.6. The number of hydrogen-bond donors (Lipinski definition) is 1. The third-order valence-corrected chi connectivity index (χ3v) is 4.05. The fourth-order valence-electron chi connectivity index (χ4n) is 2.51. The van der Waals surface area contributed by atoms with Gasteiger partial charge in [0.25, 0.3) is 5.91 Å². The van der Waals surface area contributed by atoms with Gasteiger partial charge in [-0.1, -0.05) is 23.7 Å². The van der Waals surface area contributed by atoms with Gasteiger partial charge in [0.15, 0.2) is 5.58 Å². The van der Waals surface area contributed by atoms with E-state index in [0.717, 1.165) is 0 Å². The SMILES string of the molecule is O=C(Nc1ccc2oc(-c3ccccc3F)nc2c1)c1cccnc1Cl. The summed E-state index contributed by atoms with van der Waals surface area (Å²) in [6.07, 6.45) is 1.50. The van der Waals surface area contributed by atoms with Crippen molar-refractivity contribution in [3.63, 3.8) is 0 Å². The number of amides is 1. The molecule has 26 heavy (non-hydrogen) atoms. The standard InChI is InChI=1S/C19H11ClFN3O2/c20-17-13(5-3-9-22-17)18(25)23-11-7-8-16-15(10-11)24-19(26-16)12-4-1-2-6-14(12)21/h1-10H,(H,23,25). The van der Waals surface area contributed by atoms with E-state index in [1.165, 1.54) is 12.3 Å². The number of carbonyl (C=O) groups is 1. The van der Waals surface area contributed by atoms with Crippen LogP contribution in [0.3, 0.4) is 0 Å². The number of nitrogens with zero attached hydrogens (tertiary/aromatic N) is 2. The van der Waals surface area contributed by atoms with Gasteiger partial charge < -0.3 is 9.73 Å². The topological polar surface area (TPSA) is 68.0 Å². The highest BCUT2D eigenvalue weighted by atomic mass is 35.5. The van der Waals surface area contributed by atoms with Gasteiger partial charge in [0.05, 0.1) is 11.1 Å². The molecule has 4 rings (SSSR count). The lowest BCUT2D eigenvalue weighted by molar-refractivity contribution is 0.102. The molecule has 4 aromatic rings. The van der Waals surface area contributed by atoms with E-state index in [1.807, 2.05) is 0 Å². The zero-order valence-corrected chi connectivity index (χ0v) is 14.0. The highest BCUT2D eigenvalue weighted by molar-refractivity contribution is 6.33. The Labute approximate surface area is 152 Å². The number of hydrogen-bond acceptors (Lipinski definition) is 4. The van der Waals surface area contributed by atoms with Crippen LogP contribution in [0.25, 0.3) is 22.6 Å². The Bertz CT molecular complexity index is 1130. The van der Waals surface area contributed by atoms with Crippen LogP contribution in [-0.2, 0) is 0 Å². The summed E-state index contributed by atoms with van der Waals surface area (Å²) in [6.45, 7) is 0. The summed E-state index contributed by atoms with van der Waals surface area (Å²) in [4.78, 5) is 20.5. The molecule has 0 bridgehead atoms. The van der Waals surface area contributed by atoms with Gasteiger partial charge in [-0.3, -0.25) is 4.79 Å². The van der Waals surface area contributed by atoms with Crippen molar-refractivity contribution in [3.8, 4) is 11.5 Å². The predicted molar refractivity (Wildman–Crippen MR) is 96.6 cm³/mol. The van der Waals surface area contributed by atoms with Crippen LogP contribution in [0.2, 0.25) is 5.15 Å². The summed E-state index contributed by atoms with van der Waals surface area (Å²) in [5.41, 5.74) is 2.03. The van der Waals surface area contributed by atoms with Gasteiger partial charge in [-0.2, -0.15) is 0 Å². The number of benzene rings is 2. The van der Waals surface area contributed by atoms with Gasteiger partial charge in [-0.15, -0.1) is 0 Å². The van der Waals surface area contributed by atoms with E-state index in [-0.39, 0.29) is 28.1 Å². The Balaban J connectivity index is 1.65. The monoisotopic (exact) mass is 367 g/mol. The Morgan fingerprint density at radius 2 is 1.96 bits per heavy atom. The lowest BCUT2D eigenvalue weighted by atomic mass is 10.2. The molecule has 5 nitrogen and oxygen atoms in total. The number of rotatable bonds is 3. The second-order valence-electron chi connectivity index (χ2n) is 5.48. The molecule has 2 aromatic heterocycles. The van der Waals surface area contributed by atoms with Crippen molar-refractivity contribution >= 4 is 34.3 Å². The van der Waals surface area contributed by atoms with Crippen LogP contribution in [0.15, 0.2) is 65.2 Å². The van der Waals surface area contributed by atoms with Crippen LogP contribution >= 0.6 is 11.6 Å². The number of aromatic nitrogens is 2. The van der Waals surface area contributed by atoms with Crippen molar-refractivity contribution in [1.29, 1.82) is 0 Å². The van der Waals surface area contributed by atoms with Gasteiger partial charge in [0, 0.05) is 11.9 Å². The molecule has 128 valence electrons. The minimum atomic E-state index is -0.418. The number of fused-ring (bicyclic) bond motifs is 1. The molecular weight excluding hydrogens is 357 g/mol. The quantitative estimate of drug-likeness (QED) is 0.521. The van der Waals surface area contributed by atoms with E-state index >= 15 is 0 Å².